The molecule has 7 heteroatoms. The van der Waals surface area contributed by atoms with Gasteiger partial charge >= 0.3 is 0 Å². The van der Waals surface area contributed by atoms with Crippen molar-refractivity contribution in [3.8, 4) is 5.75 Å². The van der Waals surface area contributed by atoms with Gasteiger partial charge in [-0.2, -0.15) is 0 Å². The molecule has 21 heavy (non-hydrogen) atoms. The van der Waals surface area contributed by atoms with E-state index in [-0.39, 0.29) is 18.3 Å². The Kier molecular flexibility index (Phi) is 5.21. The van der Waals surface area contributed by atoms with E-state index in [1.807, 2.05) is 13.8 Å². The van der Waals surface area contributed by atoms with Crippen molar-refractivity contribution in [3.05, 3.63) is 35.1 Å². The van der Waals surface area contributed by atoms with Gasteiger partial charge in [0.05, 0.1) is 0 Å². The Morgan fingerprint density at radius 3 is 2.71 bits per heavy atom. The molecule has 0 radical (unpaired) electrons. The highest BCUT2D eigenvalue weighted by atomic mass is 32.1. The van der Waals surface area contributed by atoms with Gasteiger partial charge in [-0.1, -0.05) is 25.2 Å². The number of nitrogens with one attached hydrogen (secondary N) is 1. The largest absolute Gasteiger partial charge is 0.486 e. The number of hydrogen-bond acceptors (Lipinski definition) is 5. The summed E-state index contributed by atoms with van der Waals surface area (Å²) >= 11 is 1.26. The minimum atomic E-state index is -0.312. The molecule has 0 fully saturated rings. The summed E-state index contributed by atoms with van der Waals surface area (Å²) in [6, 6.07) is 5.74. The molecule has 0 aliphatic rings. The zero-order chi connectivity index (χ0) is 15.2. The van der Waals surface area contributed by atoms with Gasteiger partial charge in [-0.15, -0.1) is 10.2 Å². The van der Waals surface area contributed by atoms with E-state index in [9.17, 15) is 9.18 Å². The number of halogens is 1. The van der Waals surface area contributed by atoms with Crippen LogP contribution in [-0.4, -0.2) is 16.1 Å². The SMILES string of the molecule is CC(C)CC(=O)Nc1nnc(COc2ccc(F)cc2)s1. The van der Waals surface area contributed by atoms with Gasteiger partial charge in [-0.3, -0.25) is 4.79 Å². The summed E-state index contributed by atoms with van der Waals surface area (Å²) in [7, 11) is 0. The highest BCUT2D eigenvalue weighted by molar-refractivity contribution is 7.15. The Labute approximate surface area is 126 Å². The molecule has 112 valence electrons. The third kappa shape index (κ3) is 5.11. The van der Waals surface area contributed by atoms with Gasteiger partial charge in [0, 0.05) is 6.42 Å². The minimum absolute atomic E-state index is 0.0767. The monoisotopic (exact) mass is 309 g/mol. The van der Waals surface area contributed by atoms with Crippen LogP contribution in [0.2, 0.25) is 0 Å². The first-order chi connectivity index (χ1) is 10.0. The van der Waals surface area contributed by atoms with Crippen molar-refractivity contribution >= 4 is 22.4 Å². The van der Waals surface area contributed by atoms with Crippen LogP contribution in [0.5, 0.6) is 5.75 Å². The lowest BCUT2D eigenvalue weighted by atomic mass is 10.1. The Balaban J connectivity index is 1.85. The first kappa shape index (κ1) is 15.4. The average Bonchev–Trinajstić information content (AvgIpc) is 2.84. The van der Waals surface area contributed by atoms with E-state index in [1.165, 1.54) is 23.5 Å². The lowest BCUT2D eigenvalue weighted by Gasteiger charge is -2.03. The molecule has 1 N–H and O–H groups in total. The van der Waals surface area contributed by atoms with Gasteiger partial charge < -0.3 is 10.1 Å². The maximum atomic E-state index is 12.7. The molecular formula is C14H16FN3O2S. The number of carbonyl (C=O) groups excluding carboxylic acids is 1. The Hall–Kier alpha value is -2.02. The second-order valence-electron chi connectivity index (χ2n) is 4.89. The zero-order valence-electron chi connectivity index (χ0n) is 11.8. The molecule has 1 aromatic carbocycles. The van der Waals surface area contributed by atoms with E-state index < -0.39 is 0 Å². The normalized spacial score (nSPS) is 10.7. The zero-order valence-corrected chi connectivity index (χ0v) is 12.6. The van der Waals surface area contributed by atoms with Gasteiger partial charge in [-0.05, 0) is 30.2 Å². The molecule has 0 aliphatic heterocycles. The second kappa shape index (κ2) is 7.12. The second-order valence-corrected chi connectivity index (χ2v) is 5.95. The number of nitrogens with zero attached hydrogens (tertiary/aromatic N) is 2. The van der Waals surface area contributed by atoms with E-state index in [4.69, 9.17) is 4.74 Å². The third-order valence-electron chi connectivity index (χ3n) is 2.48. The summed E-state index contributed by atoms with van der Waals surface area (Å²) < 4.78 is 18.2. The molecule has 0 atom stereocenters. The lowest BCUT2D eigenvalue weighted by Crippen LogP contribution is -2.13. The van der Waals surface area contributed by atoms with Crippen LogP contribution >= 0.6 is 11.3 Å². The molecule has 1 aromatic heterocycles. The third-order valence-corrected chi connectivity index (χ3v) is 3.29. The number of anilines is 1. The van der Waals surface area contributed by atoms with E-state index in [1.54, 1.807) is 12.1 Å². The topological polar surface area (TPSA) is 64.1 Å². The van der Waals surface area contributed by atoms with Crippen LogP contribution in [0.4, 0.5) is 9.52 Å². The molecule has 0 saturated carbocycles. The van der Waals surface area contributed by atoms with Gasteiger partial charge in [0.2, 0.25) is 11.0 Å². The van der Waals surface area contributed by atoms with Crippen LogP contribution < -0.4 is 10.1 Å². The predicted molar refractivity (Wildman–Crippen MR) is 78.7 cm³/mol. The molecule has 2 aromatic rings. The fourth-order valence-electron chi connectivity index (χ4n) is 1.58. The van der Waals surface area contributed by atoms with Crippen molar-refractivity contribution in [1.29, 1.82) is 0 Å². The van der Waals surface area contributed by atoms with E-state index in [2.05, 4.69) is 15.5 Å². The first-order valence-corrected chi connectivity index (χ1v) is 7.35. The van der Waals surface area contributed by atoms with Crippen molar-refractivity contribution in [2.45, 2.75) is 26.9 Å². The quantitative estimate of drug-likeness (QED) is 0.889. The van der Waals surface area contributed by atoms with Crippen molar-refractivity contribution in [3.63, 3.8) is 0 Å². The van der Waals surface area contributed by atoms with E-state index >= 15 is 0 Å². The van der Waals surface area contributed by atoms with Crippen LogP contribution in [-0.2, 0) is 11.4 Å². The summed E-state index contributed by atoms with van der Waals surface area (Å²) in [6.07, 6.45) is 0.445. The van der Waals surface area contributed by atoms with Crippen LogP contribution in [0.3, 0.4) is 0 Å². The number of ether oxygens (including phenoxy) is 1. The van der Waals surface area contributed by atoms with E-state index in [0.717, 1.165) is 0 Å². The smallest absolute Gasteiger partial charge is 0.226 e. The number of carbonyl (C=O) groups is 1. The summed E-state index contributed by atoms with van der Waals surface area (Å²) in [5, 5.41) is 11.6. The summed E-state index contributed by atoms with van der Waals surface area (Å²) in [5.74, 6) is 0.455. The molecular weight excluding hydrogens is 293 g/mol. The Bertz CT molecular complexity index is 599. The molecule has 0 bridgehead atoms. The van der Waals surface area contributed by atoms with Crippen molar-refractivity contribution in [2.24, 2.45) is 5.92 Å². The fraction of sp³-hybridized carbons (Fsp3) is 0.357. The Morgan fingerprint density at radius 1 is 1.33 bits per heavy atom. The number of amides is 1. The maximum Gasteiger partial charge on any atom is 0.226 e. The molecule has 1 amide bonds. The molecule has 0 unspecified atom stereocenters. The maximum absolute atomic E-state index is 12.7. The van der Waals surface area contributed by atoms with Crippen LogP contribution in [0.25, 0.3) is 0 Å². The number of benzene rings is 1. The number of rotatable bonds is 6. The molecule has 0 saturated heterocycles. The number of aromatic nitrogens is 2. The molecule has 5 nitrogen and oxygen atoms in total. The first-order valence-electron chi connectivity index (χ1n) is 6.53. The van der Waals surface area contributed by atoms with Gasteiger partial charge in [0.1, 0.15) is 18.2 Å². The van der Waals surface area contributed by atoms with Gasteiger partial charge in [0.25, 0.3) is 0 Å². The van der Waals surface area contributed by atoms with Crippen LogP contribution in [0.15, 0.2) is 24.3 Å². The predicted octanol–water partition coefficient (Wildman–Crippen LogP) is 3.24. The van der Waals surface area contributed by atoms with Crippen LogP contribution in [0.1, 0.15) is 25.3 Å². The van der Waals surface area contributed by atoms with Crippen LogP contribution in [0, 0.1) is 11.7 Å². The van der Waals surface area contributed by atoms with Crippen molar-refractivity contribution in [2.75, 3.05) is 5.32 Å². The minimum Gasteiger partial charge on any atom is -0.486 e. The fourth-order valence-corrected chi connectivity index (χ4v) is 2.25. The van der Waals surface area contributed by atoms with Crippen molar-refractivity contribution < 1.29 is 13.9 Å². The summed E-state index contributed by atoms with van der Waals surface area (Å²) in [4.78, 5) is 11.6. The number of hydrogen-bond donors (Lipinski definition) is 1. The molecule has 2 rings (SSSR count). The molecule has 0 aliphatic carbocycles. The summed E-state index contributed by atoms with van der Waals surface area (Å²) in [5.41, 5.74) is 0. The Morgan fingerprint density at radius 2 is 2.05 bits per heavy atom. The highest BCUT2D eigenvalue weighted by Gasteiger charge is 2.10. The van der Waals surface area contributed by atoms with Gasteiger partial charge in [-0.25, -0.2) is 4.39 Å². The molecule has 0 spiro atoms. The standard InChI is InChI=1S/C14H16FN3O2S/c1-9(2)7-12(19)16-14-18-17-13(21-14)8-20-11-5-3-10(15)4-6-11/h3-6,9H,7-8H2,1-2H3,(H,16,18,19). The molecule has 1 heterocycles. The van der Waals surface area contributed by atoms with E-state index in [0.29, 0.717) is 28.2 Å². The summed E-state index contributed by atoms with van der Waals surface area (Å²) in [6.45, 7) is 4.17. The average molecular weight is 309 g/mol. The van der Waals surface area contributed by atoms with Gasteiger partial charge in [0.15, 0.2) is 5.01 Å². The highest BCUT2D eigenvalue weighted by Crippen LogP contribution is 2.19. The lowest BCUT2D eigenvalue weighted by molar-refractivity contribution is -0.116. The van der Waals surface area contributed by atoms with Crippen molar-refractivity contribution in [1.82, 2.24) is 10.2 Å².